The molecule has 0 aromatic heterocycles. The third-order valence-electron chi connectivity index (χ3n) is 3.86. The summed E-state index contributed by atoms with van der Waals surface area (Å²) in [5.41, 5.74) is 1.95. The quantitative estimate of drug-likeness (QED) is 0.758. The van der Waals surface area contributed by atoms with Crippen LogP contribution in [0.15, 0.2) is 24.3 Å². The summed E-state index contributed by atoms with van der Waals surface area (Å²) in [5.74, 6) is -0.336. The molecule has 0 spiro atoms. The van der Waals surface area contributed by atoms with E-state index in [2.05, 4.69) is 17.6 Å². The molecule has 1 aliphatic rings. The van der Waals surface area contributed by atoms with Crippen LogP contribution >= 0.6 is 0 Å². The number of nitrogens with one attached hydrogen (secondary N) is 2. The van der Waals surface area contributed by atoms with Crippen molar-refractivity contribution >= 4 is 17.5 Å². The molecule has 1 fully saturated rings. The number of rotatable bonds is 7. The molecule has 0 heterocycles. The van der Waals surface area contributed by atoms with Gasteiger partial charge in [0, 0.05) is 12.2 Å². The van der Waals surface area contributed by atoms with Crippen LogP contribution in [0.4, 0.5) is 5.69 Å². The fourth-order valence-corrected chi connectivity index (χ4v) is 2.36. The predicted octanol–water partition coefficient (Wildman–Crippen LogP) is 2.88. The highest BCUT2D eigenvalue weighted by molar-refractivity contribution is 5.99. The molecule has 0 bridgehead atoms. The largest absolute Gasteiger partial charge is 0.356 e. The number of unbranched alkanes of at least 4 members (excludes halogenated alkanes) is 2. The van der Waals surface area contributed by atoms with Gasteiger partial charge in [0.25, 0.3) is 0 Å². The maximum atomic E-state index is 12.1. The van der Waals surface area contributed by atoms with Crippen molar-refractivity contribution < 1.29 is 9.59 Å². The summed E-state index contributed by atoms with van der Waals surface area (Å²) in [5, 5.41) is 5.79. The van der Waals surface area contributed by atoms with Crippen LogP contribution in [-0.4, -0.2) is 18.4 Å². The Kier molecular flexibility index (Phi) is 5.37. The van der Waals surface area contributed by atoms with Crippen LogP contribution in [0.3, 0.4) is 0 Å². The van der Waals surface area contributed by atoms with E-state index >= 15 is 0 Å². The minimum absolute atomic E-state index is 0.0233. The number of carbonyl (C=O) groups excluding carboxylic acids is 2. The normalized spacial score (nSPS) is 19.9. The second kappa shape index (κ2) is 7.25. The third kappa shape index (κ3) is 4.59. The zero-order chi connectivity index (χ0) is 15.2. The van der Waals surface area contributed by atoms with Crippen molar-refractivity contribution in [3.63, 3.8) is 0 Å². The first kappa shape index (κ1) is 15.5. The molecule has 0 radical (unpaired) electrons. The highest BCUT2D eigenvalue weighted by atomic mass is 16.2. The molecule has 1 aromatic carbocycles. The van der Waals surface area contributed by atoms with E-state index in [-0.39, 0.29) is 23.7 Å². The maximum Gasteiger partial charge on any atom is 0.228 e. The minimum Gasteiger partial charge on any atom is -0.356 e. The average molecular weight is 288 g/mol. The third-order valence-corrected chi connectivity index (χ3v) is 3.86. The van der Waals surface area contributed by atoms with Crippen LogP contribution < -0.4 is 10.6 Å². The molecule has 4 nitrogen and oxygen atoms in total. The van der Waals surface area contributed by atoms with Crippen LogP contribution in [0, 0.1) is 18.8 Å². The van der Waals surface area contributed by atoms with Gasteiger partial charge in [-0.2, -0.15) is 0 Å². The van der Waals surface area contributed by atoms with Crippen molar-refractivity contribution in [3.05, 3.63) is 29.8 Å². The number of anilines is 1. The molecule has 1 saturated carbocycles. The Morgan fingerprint density at radius 1 is 1.10 bits per heavy atom. The molecule has 2 rings (SSSR count). The van der Waals surface area contributed by atoms with E-state index < -0.39 is 0 Å². The fourth-order valence-electron chi connectivity index (χ4n) is 2.36. The predicted molar refractivity (Wildman–Crippen MR) is 83.9 cm³/mol. The number of hydrogen-bond acceptors (Lipinski definition) is 2. The van der Waals surface area contributed by atoms with Crippen LogP contribution in [0.2, 0.25) is 0 Å². The number of benzene rings is 1. The number of aryl methyl sites for hydroxylation is 1. The Morgan fingerprint density at radius 3 is 2.43 bits per heavy atom. The number of amides is 2. The summed E-state index contributed by atoms with van der Waals surface area (Å²) < 4.78 is 0. The standard InChI is InChI=1S/C17H24N2O2/c1-3-4-5-10-18-16(20)14-11-15(14)17(21)19-13-8-6-12(2)7-9-13/h6-9,14-15H,3-5,10-11H2,1-2H3,(H,18,20)(H,19,21). The Labute approximate surface area is 126 Å². The summed E-state index contributed by atoms with van der Waals surface area (Å²) in [7, 11) is 0. The van der Waals surface area contributed by atoms with E-state index in [4.69, 9.17) is 0 Å². The summed E-state index contributed by atoms with van der Waals surface area (Å²) in [6.45, 7) is 4.86. The smallest absolute Gasteiger partial charge is 0.228 e. The molecule has 4 heteroatoms. The van der Waals surface area contributed by atoms with Gasteiger partial charge in [-0.1, -0.05) is 37.5 Å². The van der Waals surface area contributed by atoms with Crippen LogP contribution in [0.25, 0.3) is 0 Å². The van der Waals surface area contributed by atoms with E-state index in [1.807, 2.05) is 31.2 Å². The van der Waals surface area contributed by atoms with Crippen molar-refractivity contribution in [1.82, 2.24) is 5.32 Å². The van der Waals surface area contributed by atoms with Crippen molar-refractivity contribution in [1.29, 1.82) is 0 Å². The van der Waals surface area contributed by atoms with Gasteiger partial charge in [-0.3, -0.25) is 9.59 Å². The summed E-state index contributed by atoms with van der Waals surface area (Å²) >= 11 is 0. The van der Waals surface area contributed by atoms with E-state index in [1.54, 1.807) is 0 Å². The molecule has 1 aromatic rings. The lowest BCUT2D eigenvalue weighted by Gasteiger charge is -2.06. The highest BCUT2D eigenvalue weighted by Gasteiger charge is 2.47. The number of carbonyl (C=O) groups is 2. The second-order valence-corrected chi connectivity index (χ2v) is 5.80. The number of hydrogen-bond donors (Lipinski definition) is 2. The van der Waals surface area contributed by atoms with Gasteiger partial charge < -0.3 is 10.6 Å². The first-order valence-electron chi connectivity index (χ1n) is 7.77. The van der Waals surface area contributed by atoms with Gasteiger partial charge in [-0.25, -0.2) is 0 Å². The first-order valence-corrected chi connectivity index (χ1v) is 7.77. The zero-order valence-corrected chi connectivity index (χ0v) is 12.8. The average Bonchev–Trinajstić information content (AvgIpc) is 3.26. The Balaban J connectivity index is 1.73. The lowest BCUT2D eigenvalue weighted by atomic mass is 10.2. The summed E-state index contributed by atoms with van der Waals surface area (Å²) in [6, 6.07) is 7.69. The minimum atomic E-state index is -0.169. The lowest BCUT2D eigenvalue weighted by Crippen LogP contribution is -2.28. The Hall–Kier alpha value is -1.84. The molecule has 2 N–H and O–H groups in total. The molecule has 21 heavy (non-hydrogen) atoms. The van der Waals surface area contributed by atoms with Gasteiger partial charge in [-0.05, 0) is 31.9 Å². The topological polar surface area (TPSA) is 58.2 Å². The van der Waals surface area contributed by atoms with Gasteiger partial charge >= 0.3 is 0 Å². The summed E-state index contributed by atoms with van der Waals surface area (Å²) in [4.78, 5) is 23.9. The van der Waals surface area contributed by atoms with E-state index in [9.17, 15) is 9.59 Å². The first-order chi connectivity index (χ1) is 10.1. The van der Waals surface area contributed by atoms with Crippen molar-refractivity contribution in [2.24, 2.45) is 11.8 Å². The molecule has 0 saturated heterocycles. The monoisotopic (exact) mass is 288 g/mol. The van der Waals surface area contributed by atoms with E-state index in [1.165, 1.54) is 0 Å². The molecule has 2 unspecified atom stereocenters. The molecular weight excluding hydrogens is 264 g/mol. The zero-order valence-electron chi connectivity index (χ0n) is 12.8. The van der Waals surface area contributed by atoms with E-state index in [0.717, 1.165) is 37.1 Å². The van der Waals surface area contributed by atoms with Crippen LogP contribution in [0.1, 0.15) is 38.2 Å². The van der Waals surface area contributed by atoms with Gasteiger partial charge in [-0.15, -0.1) is 0 Å². The van der Waals surface area contributed by atoms with E-state index in [0.29, 0.717) is 6.42 Å². The highest BCUT2D eigenvalue weighted by Crippen LogP contribution is 2.39. The molecule has 0 aliphatic heterocycles. The molecule has 1 aliphatic carbocycles. The van der Waals surface area contributed by atoms with Crippen LogP contribution in [-0.2, 0) is 9.59 Å². The SMILES string of the molecule is CCCCCNC(=O)C1CC1C(=O)Nc1ccc(C)cc1. The fraction of sp³-hybridized carbons (Fsp3) is 0.529. The van der Waals surface area contributed by atoms with Crippen molar-refractivity contribution in [3.8, 4) is 0 Å². The van der Waals surface area contributed by atoms with Gasteiger partial charge in [0.05, 0.1) is 11.8 Å². The van der Waals surface area contributed by atoms with Crippen molar-refractivity contribution in [2.75, 3.05) is 11.9 Å². The second-order valence-electron chi connectivity index (χ2n) is 5.80. The maximum absolute atomic E-state index is 12.1. The molecule has 2 amide bonds. The molecule has 2 atom stereocenters. The van der Waals surface area contributed by atoms with Gasteiger partial charge in [0.15, 0.2) is 0 Å². The Morgan fingerprint density at radius 2 is 1.76 bits per heavy atom. The van der Waals surface area contributed by atoms with Gasteiger partial charge in [0.2, 0.25) is 11.8 Å². The van der Waals surface area contributed by atoms with Crippen molar-refractivity contribution in [2.45, 2.75) is 39.5 Å². The Bertz CT molecular complexity index is 496. The van der Waals surface area contributed by atoms with Crippen LogP contribution in [0.5, 0.6) is 0 Å². The molecular formula is C17H24N2O2. The lowest BCUT2D eigenvalue weighted by molar-refractivity contribution is -0.125. The molecule has 114 valence electrons. The summed E-state index contributed by atoms with van der Waals surface area (Å²) in [6.07, 6.45) is 3.94. The van der Waals surface area contributed by atoms with Gasteiger partial charge in [0.1, 0.15) is 0 Å².